The first-order valence-corrected chi connectivity index (χ1v) is 7.49. The third kappa shape index (κ3) is 3.13. The first-order chi connectivity index (χ1) is 11.1. The van der Waals surface area contributed by atoms with Crippen LogP contribution in [0.25, 0.3) is 21.8 Å². The summed E-state index contributed by atoms with van der Waals surface area (Å²) >= 11 is 1.42. The maximum Gasteiger partial charge on any atom is 0.433 e. The molecule has 0 amide bonds. The molecule has 0 aromatic carbocycles. The lowest BCUT2D eigenvalue weighted by Crippen LogP contribution is -2.23. The number of rotatable bonds is 6. The van der Waals surface area contributed by atoms with Gasteiger partial charge in [-0.3, -0.25) is 10.1 Å². The number of aliphatic hydroxyl groups excluding tert-OH is 2. The Morgan fingerprint density at radius 1 is 1.39 bits per heavy atom. The minimum atomic E-state index is -0.923. The Hall–Kier alpha value is -2.56. The molecule has 0 saturated carbocycles. The highest BCUT2D eigenvalue weighted by Gasteiger charge is 2.17. The molecule has 120 valence electrons. The van der Waals surface area contributed by atoms with E-state index < -0.39 is 11.0 Å². The Bertz CT molecular complexity index is 846. The largest absolute Gasteiger partial charge is 0.433 e. The summed E-state index contributed by atoms with van der Waals surface area (Å²) in [6.07, 6.45) is -0.923. The van der Waals surface area contributed by atoms with E-state index in [1.807, 2.05) is 5.38 Å². The van der Waals surface area contributed by atoms with Gasteiger partial charge in [-0.1, -0.05) is 0 Å². The highest BCUT2D eigenvalue weighted by atomic mass is 32.1. The van der Waals surface area contributed by atoms with Gasteiger partial charge in [0.05, 0.1) is 29.0 Å². The molecule has 0 saturated heterocycles. The monoisotopic (exact) mass is 336 g/mol. The van der Waals surface area contributed by atoms with Crippen LogP contribution in [0.2, 0.25) is 0 Å². The van der Waals surface area contributed by atoms with Crippen molar-refractivity contribution in [2.75, 3.05) is 18.5 Å². The molecule has 0 fully saturated rings. The van der Waals surface area contributed by atoms with Gasteiger partial charge in [0.25, 0.3) is 0 Å². The van der Waals surface area contributed by atoms with Gasteiger partial charge in [-0.05, 0) is 17.5 Å². The molecule has 0 aliphatic heterocycles. The number of nitrogens with one attached hydrogen (secondary N) is 1. The molecule has 0 radical (unpaired) electrons. The molecule has 23 heavy (non-hydrogen) atoms. The van der Waals surface area contributed by atoms with Gasteiger partial charge in [0.1, 0.15) is 10.7 Å². The van der Waals surface area contributed by atoms with Crippen LogP contribution in [0.5, 0.6) is 0 Å². The van der Waals surface area contributed by atoms with E-state index in [0.717, 1.165) is 4.70 Å². The van der Waals surface area contributed by atoms with Gasteiger partial charge in [-0.25, -0.2) is 9.97 Å². The maximum absolute atomic E-state index is 10.7. The lowest BCUT2D eigenvalue weighted by atomic mass is 10.3. The summed E-state index contributed by atoms with van der Waals surface area (Å²) in [6.45, 7) is -0.263. The number of hydrogen-bond acceptors (Lipinski definition) is 9. The number of nitrogens with zero attached hydrogens (tertiary/aromatic N) is 3. The van der Waals surface area contributed by atoms with E-state index in [2.05, 4.69) is 15.3 Å². The fourth-order valence-electron chi connectivity index (χ4n) is 1.92. The predicted octanol–water partition coefficient (Wildman–Crippen LogP) is 1.62. The quantitative estimate of drug-likeness (QED) is 0.456. The zero-order valence-electron chi connectivity index (χ0n) is 11.7. The van der Waals surface area contributed by atoms with E-state index in [0.29, 0.717) is 11.3 Å². The highest BCUT2D eigenvalue weighted by molar-refractivity contribution is 7.17. The van der Waals surface area contributed by atoms with Gasteiger partial charge in [0.2, 0.25) is 0 Å². The minimum Gasteiger partial charge on any atom is -0.397 e. The molecule has 0 bridgehead atoms. The Labute approximate surface area is 133 Å². The summed E-state index contributed by atoms with van der Waals surface area (Å²) in [5.41, 5.74) is 0.653. The summed E-state index contributed by atoms with van der Waals surface area (Å²) in [4.78, 5) is 18.7. The smallest absolute Gasteiger partial charge is 0.397 e. The van der Waals surface area contributed by atoms with Crippen molar-refractivity contribution in [2.24, 2.45) is 0 Å². The van der Waals surface area contributed by atoms with E-state index >= 15 is 0 Å². The van der Waals surface area contributed by atoms with Gasteiger partial charge in [-0.2, -0.15) is 0 Å². The third-order valence-electron chi connectivity index (χ3n) is 3.01. The first-order valence-electron chi connectivity index (χ1n) is 6.61. The van der Waals surface area contributed by atoms with E-state index in [9.17, 15) is 15.2 Å². The van der Waals surface area contributed by atoms with E-state index in [-0.39, 0.29) is 30.6 Å². The Morgan fingerprint density at radius 2 is 2.22 bits per heavy atom. The van der Waals surface area contributed by atoms with Crippen LogP contribution in [-0.2, 0) is 0 Å². The standard InChI is InChI=1S/C13H12N4O5S/c18-6-7(19)5-14-13-11-8(3-4-23-11)15-12(16-13)9-1-2-10(22-9)17(20)21/h1-4,7,18-19H,5-6H2,(H,14,15,16). The average molecular weight is 336 g/mol. The molecule has 10 heteroatoms. The van der Waals surface area contributed by atoms with Gasteiger partial charge < -0.3 is 19.9 Å². The fraction of sp³-hybridized carbons (Fsp3) is 0.231. The third-order valence-corrected chi connectivity index (χ3v) is 3.92. The van der Waals surface area contributed by atoms with Crippen molar-refractivity contribution >= 4 is 33.3 Å². The van der Waals surface area contributed by atoms with Crippen LogP contribution in [0.1, 0.15) is 0 Å². The number of furan rings is 1. The number of aliphatic hydroxyl groups is 2. The van der Waals surface area contributed by atoms with E-state index in [4.69, 9.17) is 9.52 Å². The second kappa shape index (κ2) is 6.28. The molecule has 3 aromatic heterocycles. The molecule has 3 N–H and O–H groups in total. The maximum atomic E-state index is 10.7. The topological polar surface area (TPSA) is 135 Å². The van der Waals surface area contributed by atoms with Gasteiger partial charge in [0.15, 0.2) is 11.6 Å². The molecular formula is C13H12N4O5S. The van der Waals surface area contributed by atoms with Crippen LogP contribution in [0.15, 0.2) is 28.0 Å². The van der Waals surface area contributed by atoms with Crippen LogP contribution in [0.4, 0.5) is 11.7 Å². The van der Waals surface area contributed by atoms with Gasteiger partial charge in [0, 0.05) is 6.54 Å². The van der Waals surface area contributed by atoms with Crippen LogP contribution in [0.3, 0.4) is 0 Å². The summed E-state index contributed by atoms with van der Waals surface area (Å²) in [6, 6.07) is 4.45. The van der Waals surface area contributed by atoms with Crippen molar-refractivity contribution in [3.63, 3.8) is 0 Å². The van der Waals surface area contributed by atoms with Gasteiger partial charge >= 0.3 is 5.88 Å². The molecule has 9 nitrogen and oxygen atoms in total. The first kappa shape index (κ1) is 15.3. The molecule has 3 aromatic rings. The molecule has 1 unspecified atom stereocenters. The molecule has 1 atom stereocenters. The predicted molar refractivity (Wildman–Crippen MR) is 83.4 cm³/mol. The Balaban J connectivity index is 1.98. The van der Waals surface area contributed by atoms with E-state index in [1.54, 1.807) is 6.07 Å². The summed E-state index contributed by atoms with van der Waals surface area (Å²) < 4.78 is 5.90. The SMILES string of the molecule is O=[N+]([O-])c1ccc(-c2nc(NCC(O)CO)c3sccc3n2)o1. The fourth-order valence-corrected chi connectivity index (χ4v) is 2.72. The average Bonchev–Trinajstić information content (AvgIpc) is 3.20. The molecular weight excluding hydrogens is 324 g/mol. The van der Waals surface area contributed by atoms with Crippen molar-refractivity contribution in [3.05, 3.63) is 33.7 Å². The summed E-state index contributed by atoms with van der Waals surface area (Å²) in [5.74, 6) is 0.450. The number of anilines is 1. The van der Waals surface area contributed by atoms with Crippen LogP contribution in [-0.4, -0.2) is 44.4 Å². The molecule has 3 heterocycles. The zero-order chi connectivity index (χ0) is 16.4. The molecule has 3 rings (SSSR count). The second-order valence-electron chi connectivity index (χ2n) is 4.64. The Morgan fingerprint density at radius 3 is 2.91 bits per heavy atom. The van der Waals surface area contributed by atoms with Crippen molar-refractivity contribution in [1.82, 2.24) is 9.97 Å². The van der Waals surface area contributed by atoms with Gasteiger partial charge in [-0.15, -0.1) is 11.3 Å². The van der Waals surface area contributed by atoms with Crippen molar-refractivity contribution in [2.45, 2.75) is 6.10 Å². The molecule has 0 spiro atoms. The normalized spacial score (nSPS) is 12.4. The summed E-state index contributed by atoms with van der Waals surface area (Å²) in [5, 5.41) is 33.8. The Kier molecular flexibility index (Phi) is 4.19. The number of nitro groups is 1. The van der Waals surface area contributed by atoms with Crippen LogP contribution < -0.4 is 5.32 Å². The van der Waals surface area contributed by atoms with Crippen LogP contribution in [0, 0.1) is 10.1 Å². The van der Waals surface area contributed by atoms with E-state index in [1.165, 1.54) is 23.5 Å². The molecule has 0 aliphatic rings. The van der Waals surface area contributed by atoms with Crippen LogP contribution >= 0.6 is 11.3 Å². The number of hydrogen-bond donors (Lipinski definition) is 3. The highest BCUT2D eigenvalue weighted by Crippen LogP contribution is 2.30. The summed E-state index contributed by atoms with van der Waals surface area (Å²) in [7, 11) is 0. The van der Waals surface area contributed by atoms with Crippen molar-refractivity contribution in [3.8, 4) is 11.6 Å². The molecule has 0 aliphatic carbocycles. The second-order valence-corrected chi connectivity index (χ2v) is 5.56. The lowest BCUT2D eigenvalue weighted by Gasteiger charge is -2.10. The zero-order valence-corrected chi connectivity index (χ0v) is 12.5. The lowest BCUT2D eigenvalue weighted by molar-refractivity contribution is -0.401. The number of thiophene rings is 1. The van der Waals surface area contributed by atoms with Crippen molar-refractivity contribution in [1.29, 1.82) is 0 Å². The minimum absolute atomic E-state index is 0.109. The number of aromatic nitrogens is 2. The van der Waals surface area contributed by atoms with Crippen molar-refractivity contribution < 1.29 is 19.6 Å². The number of fused-ring (bicyclic) bond motifs is 1.